The van der Waals surface area contributed by atoms with E-state index in [2.05, 4.69) is 4.98 Å². The molecule has 0 bridgehead atoms. The largest absolute Gasteiger partial charge is 0.325 e. The highest BCUT2D eigenvalue weighted by atomic mass is 35.5. The lowest BCUT2D eigenvalue weighted by molar-refractivity contribution is 1.12. The Bertz CT molecular complexity index is 303. The summed E-state index contributed by atoms with van der Waals surface area (Å²) in [6.07, 6.45) is 0. The van der Waals surface area contributed by atoms with Crippen LogP contribution in [-0.4, -0.2) is 4.98 Å². The van der Waals surface area contributed by atoms with Crippen LogP contribution in [0.3, 0.4) is 0 Å². The Hall–Kier alpha value is -0.760. The normalized spacial score (nSPS) is 9.90. The monoisotopic (exact) mass is 157 g/mol. The van der Waals surface area contributed by atoms with E-state index in [0.29, 0.717) is 0 Å². The molecule has 1 aromatic heterocycles. The van der Waals surface area contributed by atoms with Crippen molar-refractivity contribution in [2.75, 3.05) is 0 Å². The van der Waals surface area contributed by atoms with Gasteiger partial charge in [0, 0.05) is 5.69 Å². The highest BCUT2D eigenvalue weighted by Crippen LogP contribution is 2.07. The third-order valence-corrected chi connectivity index (χ3v) is 1.76. The molecule has 3 heteroatoms. The van der Waals surface area contributed by atoms with Crippen molar-refractivity contribution in [1.82, 2.24) is 4.98 Å². The average molecular weight is 158 g/mol. The van der Waals surface area contributed by atoms with Gasteiger partial charge in [-0.05, 0) is 25.5 Å². The number of H-pyrrole nitrogens is 1. The van der Waals surface area contributed by atoms with Crippen molar-refractivity contribution in [2.45, 2.75) is 13.8 Å². The molecular formula is C7H8ClNO. The first-order chi connectivity index (χ1) is 4.61. The van der Waals surface area contributed by atoms with Crippen LogP contribution in [0.15, 0.2) is 10.9 Å². The second-order valence-electron chi connectivity index (χ2n) is 2.28. The molecule has 2 nitrogen and oxygen atoms in total. The Labute approximate surface area is 63.8 Å². The molecule has 0 aromatic carbocycles. The topological polar surface area (TPSA) is 32.9 Å². The fourth-order valence-electron chi connectivity index (χ4n) is 0.837. The number of rotatable bonds is 0. The first-order valence-electron chi connectivity index (χ1n) is 2.97. The highest BCUT2D eigenvalue weighted by Gasteiger charge is 1.99. The van der Waals surface area contributed by atoms with E-state index in [-0.39, 0.29) is 10.6 Å². The SMILES string of the molecule is Cc1cc(C)c(Cl)c(=O)[nH]1. The van der Waals surface area contributed by atoms with Crippen LogP contribution in [0.1, 0.15) is 11.3 Å². The zero-order valence-electron chi connectivity index (χ0n) is 5.86. The molecule has 0 amide bonds. The zero-order valence-corrected chi connectivity index (χ0v) is 6.62. The van der Waals surface area contributed by atoms with Crippen molar-refractivity contribution in [3.63, 3.8) is 0 Å². The molecule has 1 rings (SSSR count). The van der Waals surface area contributed by atoms with Crippen molar-refractivity contribution < 1.29 is 0 Å². The Morgan fingerprint density at radius 1 is 1.50 bits per heavy atom. The maximum atomic E-state index is 10.9. The number of aryl methyl sites for hydroxylation is 2. The lowest BCUT2D eigenvalue weighted by Gasteiger charge is -1.96. The molecule has 1 aromatic rings. The first kappa shape index (κ1) is 7.35. The lowest BCUT2D eigenvalue weighted by atomic mass is 10.2. The van der Waals surface area contributed by atoms with Gasteiger partial charge in [-0.25, -0.2) is 0 Å². The molecule has 0 atom stereocenters. The second-order valence-corrected chi connectivity index (χ2v) is 2.66. The smallest absolute Gasteiger partial charge is 0.267 e. The maximum Gasteiger partial charge on any atom is 0.267 e. The van der Waals surface area contributed by atoms with Gasteiger partial charge in [0.2, 0.25) is 0 Å². The maximum absolute atomic E-state index is 10.9. The van der Waals surface area contributed by atoms with E-state index in [1.165, 1.54) is 0 Å². The third-order valence-electron chi connectivity index (χ3n) is 1.29. The fraction of sp³-hybridized carbons (Fsp3) is 0.286. The number of hydrogen-bond acceptors (Lipinski definition) is 1. The van der Waals surface area contributed by atoms with E-state index in [1.807, 2.05) is 19.9 Å². The van der Waals surface area contributed by atoms with Crippen molar-refractivity contribution in [2.24, 2.45) is 0 Å². The third kappa shape index (κ3) is 1.21. The van der Waals surface area contributed by atoms with Gasteiger partial charge in [0.15, 0.2) is 0 Å². The fourth-order valence-corrected chi connectivity index (χ4v) is 0.939. The van der Waals surface area contributed by atoms with Gasteiger partial charge in [-0.1, -0.05) is 11.6 Å². The van der Waals surface area contributed by atoms with Gasteiger partial charge in [-0.15, -0.1) is 0 Å². The summed E-state index contributed by atoms with van der Waals surface area (Å²) in [7, 11) is 0. The van der Waals surface area contributed by atoms with Gasteiger partial charge in [0.25, 0.3) is 5.56 Å². The van der Waals surface area contributed by atoms with Crippen LogP contribution >= 0.6 is 11.6 Å². The quantitative estimate of drug-likeness (QED) is 0.610. The van der Waals surface area contributed by atoms with E-state index in [1.54, 1.807) is 0 Å². The van der Waals surface area contributed by atoms with Gasteiger partial charge < -0.3 is 4.98 Å². The second kappa shape index (κ2) is 2.46. The zero-order chi connectivity index (χ0) is 7.72. The van der Waals surface area contributed by atoms with Crippen LogP contribution in [0.4, 0.5) is 0 Å². The van der Waals surface area contributed by atoms with E-state index >= 15 is 0 Å². The number of pyridine rings is 1. The number of aromatic nitrogens is 1. The van der Waals surface area contributed by atoms with Gasteiger partial charge in [-0.3, -0.25) is 4.79 Å². The molecule has 0 saturated carbocycles. The Kier molecular flexibility index (Phi) is 1.81. The molecule has 0 aliphatic rings. The molecule has 0 aliphatic heterocycles. The van der Waals surface area contributed by atoms with Crippen molar-refractivity contribution in [1.29, 1.82) is 0 Å². The van der Waals surface area contributed by atoms with Crippen molar-refractivity contribution in [3.05, 3.63) is 32.7 Å². The molecule has 0 fully saturated rings. The first-order valence-corrected chi connectivity index (χ1v) is 3.35. The number of aromatic amines is 1. The lowest BCUT2D eigenvalue weighted by Crippen LogP contribution is -2.08. The van der Waals surface area contributed by atoms with E-state index in [4.69, 9.17) is 11.6 Å². The molecule has 0 saturated heterocycles. The molecule has 0 aliphatic carbocycles. The van der Waals surface area contributed by atoms with E-state index in [0.717, 1.165) is 11.3 Å². The number of halogens is 1. The minimum atomic E-state index is -0.209. The molecule has 10 heavy (non-hydrogen) atoms. The van der Waals surface area contributed by atoms with Crippen LogP contribution in [0.5, 0.6) is 0 Å². The van der Waals surface area contributed by atoms with Gasteiger partial charge in [0.05, 0.1) is 0 Å². The van der Waals surface area contributed by atoms with Crippen LogP contribution in [-0.2, 0) is 0 Å². The number of nitrogens with one attached hydrogen (secondary N) is 1. The van der Waals surface area contributed by atoms with Gasteiger partial charge in [0.1, 0.15) is 5.02 Å². The van der Waals surface area contributed by atoms with Crippen LogP contribution in [0.2, 0.25) is 5.02 Å². The molecule has 1 heterocycles. The molecule has 1 N–H and O–H groups in total. The molecule has 0 unspecified atom stereocenters. The average Bonchev–Trinajstić information content (AvgIpc) is 1.82. The summed E-state index contributed by atoms with van der Waals surface area (Å²) >= 11 is 5.61. The van der Waals surface area contributed by atoms with Crippen LogP contribution in [0.25, 0.3) is 0 Å². The standard InChI is InChI=1S/C7H8ClNO/c1-4-3-5(2)9-7(10)6(4)8/h3H,1-2H3,(H,9,10). The summed E-state index contributed by atoms with van der Waals surface area (Å²) in [5.74, 6) is 0. The minimum absolute atomic E-state index is 0.209. The summed E-state index contributed by atoms with van der Waals surface area (Å²) in [6.45, 7) is 3.63. The molecular weight excluding hydrogens is 150 g/mol. The van der Waals surface area contributed by atoms with E-state index < -0.39 is 0 Å². The predicted molar refractivity (Wildman–Crippen MR) is 41.5 cm³/mol. The van der Waals surface area contributed by atoms with Crippen molar-refractivity contribution in [3.8, 4) is 0 Å². The summed E-state index contributed by atoms with van der Waals surface area (Å²) in [5.41, 5.74) is 1.45. The van der Waals surface area contributed by atoms with Gasteiger partial charge in [-0.2, -0.15) is 0 Å². The van der Waals surface area contributed by atoms with Crippen LogP contribution in [0, 0.1) is 13.8 Å². The van der Waals surface area contributed by atoms with Crippen molar-refractivity contribution >= 4 is 11.6 Å². The van der Waals surface area contributed by atoms with Crippen LogP contribution < -0.4 is 5.56 Å². The summed E-state index contributed by atoms with van der Waals surface area (Å²) in [6, 6.07) is 1.84. The molecule has 54 valence electrons. The Balaban J connectivity index is 3.46. The Morgan fingerprint density at radius 3 is 2.60 bits per heavy atom. The molecule has 0 radical (unpaired) electrons. The predicted octanol–water partition coefficient (Wildman–Crippen LogP) is 1.65. The highest BCUT2D eigenvalue weighted by molar-refractivity contribution is 6.31. The van der Waals surface area contributed by atoms with E-state index in [9.17, 15) is 4.79 Å². The summed E-state index contributed by atoms with van der Waals surface area (Å²) < 4.78 is 0. The Morgan fingerprint density at radius 2 is 2.10 bits per heavy atom. The number of hydrogen-bond donors (Lipinski definition) is 1. The summed E-state index contributed by atoms with van der Waals surface area (Å²) in [4.78, 5) is 13.5. The van der Waals surface area contributed by atoms with Gasteiger partial charge >= 0.3 is 0 Å². The summed E-state index contributed by atoms with van der Waals surface area (Å²) in [5, 5.41) is 0.283. The minimum Gasteiger partial charge on any atom is -0.325 e. The molecule has 0 spiro atoms.